The van der Waals surface area contributed by atoms with E-state index < -0.39 is 12.3 Å². The van der Waals surface area contributed by atoms with Crippen molar-refractivity contribution in [1.82, 2.24) is 5.32 Å². The van der Waals surface area contributed by atoms with Crippen LogP contribution in [0, 0.1) is 11.8 Å². The Bertz CT molecular complexity index is 140. The van der Waals surface area contributed by atoms with E-state index >= 15 is 0 Å². The van der Waals surface area contributed by atoms with Gasteiger partial charge in [0.2, 0.25) is 0 Å². The standard InChI is InChI=1S/C7H12FNO/c8-6-1-4-2-9-3-5(4)7(6)10/h4-7,9-10H,1-3H2/t4-,5+,6+,7-/m0/s1. The first-order valence-corrected chi connectivity index (χ1v) is 3.82. The van der Waals surface area contributed by atoms with Crippen LogP contribution in [0.15, 0.2) is 0 Å². The fourth-order valence-corrected chi connectivity index (χ4v) is 2.11. The first kappa shape index (κ1) is 6.55. The van der Waals surface area contributed by atoms with Crippen LogP contribution < -0.4 is 5.32 Å². The lowest BCUT2D eigenvalue weighted by molar-refractivity contribution is 0.0709. The first-order chi connectivity index (χ1) is 4.79. The van der Waals surface area contributed by atoms with Gasteiger partial charge in [0.1, 0.15) is 6.17 Å². The molecule has 2 nitrogen and oxygen atoms in total. The molecule has 2 N–H and O–H groups in total. The number of nitrogens with one attached hydrogen (secondary N) is 1. The molecule has 1 aliphatic heterocycles. The lowest BCUT2D eigenvalue weighted by Crippen LogP contribution is -2.26. The Morgan fingerprint density at radius 1 is 1.40 bits per heavy atom. The van der Waals surface area contributed by atoms with Crippen molar-refractivity contribution in [2.75, 3.05) is 13.1 Å². The molecule has 0 aromatic rings. The van der Waals surface area contributed by atoms with Gasteiger partial charge in [0.15, 0.2) is 0 Å². The van der Waals surface area contributed by atoms with E-state index in [-0.39, 0.29) is 5.92 Å². The normalized spacial score (nSPS) is 53.4. The second kappa shape index (κ2) is 2.17. The van der Waals surface area contributed by atoms with E-state index in [1.807, 2.05) is 0 Å². The van der Waals surface area contributed by atoms with Crippen LogP contribution in [0.5, 0.6) is 0 Å². The summed E-state index contributed by atoms with van der Waals surface area (Å²) in [5, 5.41) is 12.4. The van der Waals surface area contributed by atoms with Gasteiger partial charge in [-0.05, 0) is 18.9 Å². The van der Waals surface area contributed by atoms with Crippen LogP contribution in [-0.2, 0) is 0 Å². The number of aliphatic hydroxyl groups excluding tert-OH is 1. The predicted molar refractivity (Wildman–Crippen MR) is 35.4 cm³/mol. The van der Waals surface area contributed by atoms with Crippen molar-refractivity contribution in [2.45, 2.75) is 18.7 Å². The highest BCUT2D eigenvalue weighted by Gasteiger charge is 2.44. The largest absolute Gasteiger partial charge is 0.390 e. The lowest BCUT2D eigenvalue weighted by Gasteiger charge is -2.11. The molecule has 1 saturated heterocycles. The van der Waals surface area contributed by atoms with Crippen LogP contribution in [0.25, 0.3) is 0 Å². The van der Waals surface area contributed by atoms with Gasteiger partial charge in [0.25, 0.3) is 0 Å². The minimum atomic E-state index is -0.961. The van der Waals surface area contributed by atoms with Crippen LogP contribution in [0.4, 0.5) is 4.39 Å². The molecule has 2 rings (SSSR count). The number of fused-ring (bicyclic) bond motifs is 1. The molecule has 0 spiro atoms. The summed E-state index contributed by atoms with van der Waals surface area (Å²) in [5.41, 5.74) is 0. The number of hydrogen-bond acceptors (Lipinski definition) is 2. The Morgan fingerprint density at radius 2 is 2.20 bits per heavy atom. The maximum Gasteiger partial charge on any atom is 0.127 e. The van der Waals surface area contributed by atoms with Gasteiger partial charge in [0, 0.05) is 12.5 Å². The second-order valence-electron chi connectivity index (χ2n) is 3.32. The molecule has 10 heavy (non-hydrogen) atoms. The summed E-state index contributed by atoms with van der Waals surface area (Å²) < 4.78 is 12.8. The van der Waals surface area contributed by atoms with Crippen molar-refractivity contribution >= 4 is 0 Å². The number of rotatable bonds is 0. The van der Waals surface area contributed by atoms with Crippen molar-refractivity contribution in [3.8, 4) is 0 Å². The maximum atomic E-state index is 12.8. The highest BCUT2D eigenvalue weighted by molar-refractivity contribution is 4.96. The van der Waals surface area contributed by atoms with Gasteiger partial charge in [-0.25, -0.2) is 4.39 Å². The minimum absolute atomic E-state index is 0.190. The monoisotopic (exact) mass is 145 g/mol. The molecule has 0 bridgehead atoms. The van der Waals surface area contributed by atoms with E-state index in [2.05, 4.69) is 5.32 Å². The molecule has 3 heteroatoms. The molecule has 1 heterocycles. The molecule has 0 aromatic heterocycles. The van der Waals surface area contributed by atoms with Crippen molar-refractivity contribution < 1.29 is 9.50 Å². The molecule has 0 aromatic carbocycles. The Morgan fingerprint density at radius 3 is 2.90 bits per heavy atom. The summed E-state index contributed by atoms with van der Waals surface area (Å²) >= 11 is 0. The third-order valence-electron chi connectivity index (χ3n) is 2.73. The first-order valence-electron chi connectivity index (χ1n) is 3.82. The number of hydrogen-bond donors (Lipinski definition) is 2. The quantitative estimate of drug-likeness (QED) is 0.500. The molecule has 2 fully saturated rings. The third kappa shape index (κ3) is 0.772. The smallest absolute Gasteiger partial charge is 0.127 e. The molecule has 1 saturated carbocycles. The van der Waals surface area contributed by atoms with Crippen molar-refractivity contribution in [2.24, 2.45) is 11.8 Å². The molecular formula is C7H12FNO. The topological polar surface area (TPSA) is 32.3 Å². The summed E-state index contributed by atoms with van der Waals surface area (Å²) in [6.07, 6.45) is -1.10. The van der Waals surface area contributed by atoms with Crippen LogP contribution in [0.3, 0.4) is 0 Å². The van der Waals surface area contributed by atoms with E-state index in [4.69, 9.17) is 0 Å². The number of aliphatic hydroxyl groups is 1. The fourth-order valence-electron chi connectivity index (χ4n) is 2.11. The summed E-state index contributed by atoms with van der Waals surface area (Å²) in [5.74, 6) is 0.583. The molecule has 2 aliphatic rings. The molecule has 58 valence electrons. The third-order valence-corrected chi connectivity index (χ3v) is 2.73. The molecule has 0 unspecified atom stereocenters. The van der Waals surface area contributed by atoms with Crippen molar-refractivity contribution in [3.63, 3.8) is 0 Å². The van der Waals surface area contributed by atoms with E-state index in [0.717, 1.165) is 13.1 Å². The van der Waals surface area contributed by atoms with Gasteiger partial charge < -0.3 is 10.4 Å². The summed E-state index contributed by atoms with van der Waals surface area (Å²) in [7, 11) is 0. The van der Waals surface area contributed by atoms with Crippen LogP contribution in [-0.4, -0.2) is 30.5 Å². The Kier molecular flexibility index (Phi) is 1.42. The molecule has 1 aliphatic carbocycles. The number of halogens is 1. The van der Waals surface area contributed by atoms with E-state index in [1.165, 1.54) is 0 Å². The van der Waals surface area contributed by atoms with E-state index in [0.29, 0.717) is 12.3 Å². The van der Waals surface area contributed by atoms with Crippen molar-refractivity contribution in [3.05, 3.63) is 0 Å². The molecule has 4 atom stereocenters. The highest BCUT2D eigenvalue weighted by atomic mass is 19.1. The number of alkyl halides is 1. The second-order valence-corrected chi connectivity index (χ2v) is 3.32. The molecule has 0 amide bonds. The molecular weight excluding hydrogens is 133 g/mol. The van der Waals surface area contributed by atoms with Crippen LogP contribution in [0.2, 0.25) is 0 Å². The van der Waals surface area contributed by atoms with E-state index in [1.54, 1.807) is 0 Å². The minimum Gasteiger partial charge on any atom is -0.390 e. The zero-order valence-corrected chi connectivity index (χ0v) is 5.76. The average molecular weight is 145 g/mol. The van der Waals surface area contributed by atoms with Gasteiger partial charge in [-0.1, -0.05) is 0 Å². The lowest BCUT2D eigenvalue weighted by atomic mass is 10.00. The van der Waals surface area contributed by atoms with Gasteiger partial charge in [0.05, 0.1) is 6.10 Å². The Balaban J connectivity index is 2.09. The highest BCUT2D eigenvalue weighted by Crippen LogP contribution is 2.36. The Labute approximate surface area is 59.4 Å². The van der Waals surface area contributed by atoms with Crippen LogP contribution in [0.1, 0.15) is 6.42 Å². The van der Waals surface area contributed by atoms with Gasteiger partial charge in [-0.15, -0.1) is 0 Å². The summed E-state index contributed by atoms with van der Waals surface area (Å²) in [4.78, 5) is 0. The zero-order valence-electron chi connectivity index (χ0n) is 5.76. The van der Waals surface area contributed by atoms with Gasteiger partial charge in [-0.2, -0.15) is 0 Å². The Hall–Kier alpha value is -0.150. The molecule has 0 radical (unpaired) electrons. The van der Waals surface area contributed by atoms with E-state index in [9.17, 15) is 9.50 Å². The van der Waals surface area contributed by atoms with Crippen LogP contribution >= 0.6 is 0 Å². The predicted octanol–water partition coefficient (Wildman–Crippen LogP) is -0.0753. The fraction of sp³-hybridized carbons (Fsp3) is 1.00. The summed E-state index contributed by atoms with van der Waals surface area (Å²) in [6, 6.07) is 0. The SMILES string of the molecule is O[C@H]1[C@@H]2CNC[C@@H]2C[C@H]1F. The zero-order chi connectivity index (χ0) is 7.14. The maximum absolute atomic E-state index is 12.8. The van der Waals surface area contributed by atoms with Crippen molar-refractivity contribution in [1.29, 1.82) is 0 Å². The van der Waals surface area contributed by atoms with Gasteiger partial charge >= 0.3 is 0 Å². The summed E-state index contributed by atoms with van der Waals surface area (Å²) in [6.45, 7) is 1.69. The average Bonchev–Trinajstić information content (AvgIpc) is 2.41. The van der Waals surface area contributed by atoms with Gasteiger partial charge in [-0.3, -0.25) is 0 Å².